The number of hydrogen-bond donors (Lipinski definition) is 0. The zero-order valence-corrected chi connectivity index (χ0v) is 10.8. The van der Waals surface area contributed by atoms with Crippen molar-refractivity contribution in [3.63, 3.8) is 0 Å². The lowest BCUT2D eigenvalue weighted by Gasteiger charge is -2.05. The second-order valence-corrected chi connectivity index (χ2v) is 4.54. The fourth-order valence-corrected chi connectivity index (χ4v) is 2.00. The summed E-state index contributed by atoms with van der Waals surface area (Å²) in [5.74, 6) is 0.278. The van der Waals surface area contributed by atoms with E-state index in [0.717, 1.165) is 22.0 Å². The monoisotopic (exact) mass is 302 g/mol. The molecule has 1 rings (SSSR count). The summed E-state index contributed by atoms with van der Waals surface area (Å²) in [4.78, 5) is 11.8. The van der Waals surface area contributed by atoms with Crippen LogP contribution in [0.25, 0.3) is 0 Å². The molecule has 0 radical (unpaired) electrons. The lowest BCUT2D eigenvalue weighted by Crippen LogP contribution is -2.02. The number of rotatable bonds is 4. The Morgan fingerprint density at radius 1 is 1.43 bits per heavy atom. The molecule has 0 spiro atoms. The molecule has 14 heavy (non-hydrogen) atoms. The summed E-state index contributed by atoms with van der Waals surface area (Å²) in [6, 6.07) is 5.92. The summed E-state index contributed by atoms with van der Waals surface area (Å²) in [5.41, 5.74) is 2.08. The average Bonchev–Trinajstić information content (AvgIpc) is 2.18. The highest BCUT2D eigenvalue weighted by atomic mass is 127. The van der Waals surface area contributed by atoms with E-state index in [1.54, 1.807) is 0 Å². The smallest absolute Gasteiger partial charge is 0.163 e. The largest absolute Gasteiger partial charge is 0.294 e. The van der Waals surface area contributed by atoms with Crippen molar-refractivity contribution in [1.29, 1.82) is 0 Å². The third kappa shape index (κ3) is 2.80. The van der Waals surface area contributed by atoms with Gasteiger partial charge in [-0.25, -0.2) is 0 Å². The zero-order valence-electron chi connectivity index (χ0n) is 8.64. The molecule has 1 aromatic rings. The van der Waals surface area contributed by atoms with E-state index in [9.17, 15) is 4.79 Å². The van der Waals surface area contributed by atoms with Crippen molar-refractivity contribution in [2.75, 3.05) is 0 Å². The standard InChI is InChI=1S/C12H15IO/c1-3-4-8-11(14)10-7-5-6-9(2)12(10)13/h5-7H,3-4,8H2,1-2H3. The third-order valence-corrected chi connectivity index (χ3v) is 3.68. The Labute approximate surface area is 99.0 Å². The Balaban J connectivity index is 2.84. The van der Waals surface area contributed by atoms with Crippen LogP contribution >= 0.6 is 22.6 Å². The molecule has 0 aliphatic heterocycles. The minimum Gasteiger partial charge on any atom is -0.294 e. The average molecular weight is 302 g/mol. The summed E-state index contributed by atoms with van der Waals surface area (Å²) in [7, 11) is 0. The number of aryl methyl sites for hydroxylation is 1. The summed E-state index contributed by atoms with van der Waals surface area (Å²) < 4.78 is 1.10. The third-order valence-electron chi connectivity index (χ3n) is 2.25. The van der Waals surface area contributed by atoms with E-state index in [-0.39, 0.29) is 5.78 Å². The second kappa shape index (κ2) is 5.49. The van der Waals surface area contributed by atoms with Crippen molar-refractivity contribution < 1.29 is 4.79 Å². The Morgan fingerprint density at radius 2 is 2.14 bits per heavy atom. The van der Waals surface area contributed by atoms with E-state index in [4.69, 9.17) is 0 Å². The van der Waals surface area contributed by atoms with Gasteiger partial charge >= 0.3 is 0 Å². The first-order valence-electron chi connectivity index (χ1n) is 4.95. The number of ketones is 1. The molecule has 0 N–H and O–H groups in total. The predicted molar refractivity (Wildman–Crippen MR) is 67.8 cm³/mol. The van der Waals surface area contributed by atoms with Gasteiger partial charge in [0, 0.05) is 15.6 Å². The van der Waals surface area contributed by atoms with Gasteiger partial charge in [-0.05, 0) is 41.5 Å². The number of Topliss-reactive ketones (excluding diaryl/α,β-unsaturated/α-hetero) is 1. The topological polar surface area (TPSA) is 17.1 Å². The highest BCUT2D eigenvalue weighted by molar-refractivity contribution is 14.1. The molecule has 1 nitrogen and oxygen atoms in total. The Kier molecular flexibility index (Phi) is 4.58. The predicted octanol–water partition coefficient (Wildman–Crippen LogP) is 3.97. The van der Waals surface area contributed by atoms with Crippen LogP contribution in [-0.4, -0.2) is 5.78 Å². The molecule has 0 heterocycles. The van der Waals surface area contributed by atoms with Gasteiger partial charge in [-0.2, -0.15) is 0 Å². The van der Waals surface area contributed by atoms with Gasteiger partial charge in [0.1, 0.15) is 0 Å². The molecule has 0 bridgehead atoms. The van der Waals surface area contributed by atoms with Crippen molar-refractivity contribution in [1.82, 2.24) is 0 Å². The molecule has 0 fully saturated rings. The van der Waals surface area contributed by atoms with E-state index in [1.165, 1.54) is 5.56 Å². The van der Waals surface area contributed by atoms with Crippen molar-refractivity contribution in [3.8, 4) is 0 Å². The second-order valence-electron chi connectivity index (χ2n) is 3.46. The first-order valence-corrected chi connectivity index (χ1v) is 6.03. The maximum atomic E-state index is 11.8. The fourth-order valence-electron chi connectivity index (χ4n) is 1.33. The normalized spacial score (nSPS) is 10.2. The molecule has 0 aliphatic rings. The van der Waals surface area contributed by atoms with Crippen LogP contribution < -0.4 is 0 Å². The van der Waals surface area contributed by atoms with E-state index in [0.29, 0.717) is 6.42 Å². The van der Waals surface area contributed by atoms with E-state index in [2.05, 4.69) is 29.5 Å². The van der Waals surface area contributed by atoms with Crippen LogP contribution in [0.1, 0.15) is 42.1 Å². The highest BCUT2D eigenvalue weighted by Crippen LogP contribution is 2.18. The molecule has 76 valence electrons. The van der Waals surface area contributed by atoms with E-state index in [1.807, 2.05) is 25.1 Å². The van der Waals surface area contributed by atoms with Crippen LogP contribution in [0.2, 0.25) is 0 Å². The maximum Gasteiger partial charge on any atom is 0.163 e. The lowest BCUT2D eigenvalue weighted by molar-refractivity contribution is 0.0979. The summed E-state index contributed by atoms with van der Waals surface area (Å²) >= 11 is 2.25. The maximum absolute atomic E-state index is 11.8. The molecular formula is C12H15IO. The number of halogens is 1. The van der Waals surface area contributed by atoms with Gasteiger partial charge < -0.3 is 0 Å². The Bertz CT molecular complexity index is 331. The molecule has 0 saturated heterocycles. The van der Waals surface area contributed by atoms with Gasteiger partial charge in [0.2, 0.25) is 0 Å². The SMILES string of the molecule is CCCCC(=O)c1cccc(C)c1I. The Morgan fingerprint density at radius 3 is 2.79 bits per heavy atom. The van der Waals surface area contributed by atoms with Crippen molar-refractivity contribution in [2.45, 2.75) is 33.1 Å². The van der Waals surface area contributed by atoms with Crippen molar-refractivity contribution >= 4 is 28.4 Å². The molecule has 0 aromatic heterocycles. The number of hydrogen-bond acceptors (Lipinski definition) is 1. The van der Waals surface area contributed by atoms with Gasteiger partial charge in [0.05, 0.1) is 0 Å². The molecule has 1 aromatic carbocycles. The van der Waals surface area contributed by atoms with Gasteiger partial charge in [-0.3, -0.25) is 4.79 Å². The first kappa shape index (κ1) is 11.7. The molecule has 0 amide bonds. The van der Waals surface area contributed by atoms with E-state index >= 15 is 0 Å². The van der Waals surface area contributed by atoms with Crippen LogP contribution in [0.15, 0.2) is 18.2 Å². The minimum atomic E-state index is 0.278. The van der Waals surface area contributed by atoms with E-state index < -0.39 is 0 Å². The van der Waals surface area contributed by atoms with Crippen LogP contribution in [-0.2, 0) is 0 Å². The van der Waals surface area contributed by atoms with Crippen LogP contribution in [0.4, 0.5) is 0 Å². The molecule has 0 aliphatic carbocycles. The molecule has 0 saturated carbocycles. The minimum absolute atomic E-state index is 0.278. The fraction of sp³-hybridized carbons (Fsp3) is 0.417. The van der Waals surface area contributed by atoms with Crippen LogP contribution in [0, 0.1) is 10.5 Å². The molecule has 2 heteroatoms. The van der Waals surface area contributed by atoms with Gasteiger partial charge in [-0.1, -0.05) is 31.5 Å². The summed E-state index contributed by atoms with van der Waals surface area (Å²) in [5, 5.41) is 0. The number of carbonyl (C=O) groups excluding carboxylic acids is 1. The number of benzene rings is 1. The van der Waals surface area contributed by atoms with Gasteiger partial charge in [-0.15, -0.1) is 0 Å². The molecular weight excluding hydrogens is 287 g/mol. The molecule has 0 unspecified atom stereocenters. The number of unbranched alkanes of at least 4 members (excludes halogenated alkanes) is 1. The quantitative estimate of drug-likeness (QED) is 0.607. The Hall–Kier alpha value is -0.380. The first-order chi connectivity index (χ1) is 6.66. The molecule has 0 atom stereocenters. The van der Waals surface area contributed by atoms with Gasteiger partial charge in [0.15, 0.2) is 5.78 Å². The van der Waals surface area contributed by atoms with Crippen molar-refractivity contribution in [3.05, 3.63) is 32.9 Å². The van der Waals surface area contributed by atoms with Gasteiger partial charge in [0.25, 0.3) is 0 Å². The zero-order chi connectivity index (χ0) is 10.6. The number of carbonyl (C=O) groups is 1. The lowest BCUT2D eigenvalue weighted by atomic mass is 10.0. The summed E-state index contributed by atoms with van der Waals surface area (Å²) in [6.07, 6.45) is 2.74. The van der Waals surface area contributed by atoms with Crippen LogP contribution in [0.3, 0.4) is 0 Å². The summed E-state index contributed by atoms with van der Waals surface area (Å²) in [6.45, 7) is 4.15. The van der Waals surface area contributed by atoms with Crippen LogP contribution in [0.5, 0.6) is 0 Å². The van der Waals surface area contributed by atoms with Crippen molar-refractivity contribution in [2.24, 2.45) is 0 Å². The highest BCUT2D eigenvalue weighted by Gasteiger charge is 2.09.